The van der Waals surface area contributed by atoms with E-state index < -0.39 is 4.92 Å². The minimum Gasteiger partial charge on any atom is -0.497 e. The Morgan fingerprint density at radius 2 is 1.93 bits per heavy atom. The highest BCUT2D eigenvalue weighted by molar-refractivity contribution is 7.14. The molecule has 0 atom stereocenters. The van der Waals surface area contributed by atoms with Crippen molar-refractivity contribution in [1.29, 1.82) is 0 Å². The minimum absolute atomic E-state index is 0.0112. The van der Waals surface area contributed by atoms with Crippen LogP contribution >= 0.6 is 11.3 Å². The summed E-state index contributed by atoms with van der Waals surface area (Å²) < 4.78 is 5.34. The fraction of sp³-hybridized carbons (Fsp3) is 0.273. The van der Waals surface area contributed by atoms with E-state index in [1.54, 1.807) is 24.1 Å². The molecule has 1 aromatic heterocycles. The van der Waals surface area contributed by atoms with Crippen molar-refractivity contribution in [3.63, 3.8) is 0 Å². The fourth-order valence-corrected chi connectivity index (χ4v) is 4.55. The van der Waals surface area contributed by atoms with Gasteiger partial charge in [0.2, 0.25) is 5.91 Å². The summed E-state index contributed by atoms with van der Waals surface area (Å²) in [5.74, 6) is 0.706. The first-order valence-electron chi connectivity index (χ1n) is 9.75. The lowest BCUT2D eigenvalue weighted by atomic mass is 10.1. The number of methoxy groups -OCH3 is 1. The molecule has 1 heterocycles. The van der Waals surface area contributed by atoms with E-state index in [1.807, 2.05) is 29.6 Å². The number of hydrogen-bond acceptors (Lipinski definition) is 6. The molecule has 1 aliphatic carbocycles. The second kappa shape index (κ2) is 8.62. The maximum Gasteiger partial charge on any atom is 0.269 e. The maximum absolute atomic E-state index is 13.4. The average molecular weight is 423 g/mol. The maximum atomic E-state index is 13.4. The second-order valence-electron chi connectivity index (χ2n) is 7.18. The zero-order valence-corrected chi connectivity index (χ0v) is 17.3. The second-order valence-corrected chi connectivity index (χ2v) is 8.01. The van der Waals surface area contributed by atoms with Gasteiger partial charge in [0.25, 0.3) is 5.69 Å². The van der Waals surface area contributed by atoms with Crippen LogP contribution < -0.4 is 9.64 Å². The van der Waals surface area contributed by atoms with Crippen LogP contribution in [0.3, 0.4) is 0 Å². The summed E-state index contributed by atoms with van der Waals surface area (Å²) in [5.41, 5.74) is 2.19. The molecule has 1 aliphatic rings. The molecule has 1 amide bonds. The Hall–Kier alpha value is -3.26. The Morgan fingerprint density at radius 3 is 2.60 bits per heavy atom. The summed E-state index contributed by atoms with van der Waals surface area (Å²) in [7, 11) is 1.60. The third kappa shape index (κ3) is 4.04. The first-order chi connectivity index (χ1) is 14.6. The van der Waals surface area contributed by atoms with Crippen LogP contribution in [-0.4, -0.2) is 22.9 Å². The van der Waals surface area contributed by atoms with Gasteiger partial charge in [-0.25, -0.2) is 4.98 Å². The molecule has 0 bridgehead atoms. The Labute approximate surface area is 178 Å². The van der Waals surface area contributed by atoms with Gasteiger partial charge in [-0.2, -0.15) is 0 Å². The van der Waals surface area contributed by atoms with E-state index in [-0.39, 0.29) is 17.5 Å². The molecule has 0 N–H and O–H groups in total. The molecule has 3 aromatic rings. The van der Waals surface area contributed by atoms with E-state index in [2.05, 4.69) is 0 Å². The number of nitro benzene ring substituents is 1. The highest BCUT2D eigenvalue weighted by Crippen LogP contribution is 2.37. The predicted molar refractivity (Wildman–Crippen MR) is 116 cm³/mol. The van der Waals surface area contributed by atoms with E-state index in [4.69, 9.17) is 9.72 Å². The molecule has 0 radical (unpaired) electrons. The van der Waals surface area contributed by atoms with Crippen LogP contribution in [0.25, 0.3) is 11.3 Å². The number of anilines is 2. The van der Waals surface area contributed by atoms with Crippen LogP contribution in [-0.2, 0) is 4.79 Å². The number of thiazole rings is 1. The number of benzene rings is 2. The molecule has 0 spiro atoms. The summed E-state index contributed by atoms with van der Waals surface area (Å²) in [5, 5.41) is 13.3. The van der Waals surface area contributed by atoms with Gasteiger partial charge in [-0.3, -0.25) is 19.8 Å². The van der Waals surface area contributed by atoms with E-state index in [0.29, 0.717) is 16.6 Å². The Morgan fingerprint density at radius 1 is 1.20 bits per heavy atom. The van der Waals surface area contributed by atoms with Crippen molar-refractivity contribution < 1.29 is 14.5 Å². The normalized spacial score (nSPS) is 13.9. The van der Waals surface area contributed by atoms with Crippen LogP contribution in [0.4, 0.5) is 16.5 Å². The van der Waals surface area contributed by atoms with Gasteiger partial charge >= 0.3 is 0 Å². The van der Waals surface area contributed by atoms with Crippen LogP contribution in [0.15, 0.2) is 53.9 Å². The first kappa shape index (κ1) is 20.0. The summed E-state index contributed by atoms with van der Waals surface area (Å²) in [6, 6.07) is 13.7. The zero-order valence-electron chi connectivity index (χ0n) is 16.5. The average Bonchev–Trinajstić information content (AvgIpc) is 3.47. The molecule has 30 heavy (non-hydrogen) atoms. The lowest BCUT2D eigenvalue weighted by Crippen LogP contribution is -2.31. The topological polar surface area (TPSA) is 85.6 Å². The molecule has 7 nitrogen and oxygen atoms in total. The van der Waals surface area contributed by atoms with Crippen LogP contribution in [0.5, 0.6) is 5.75 Å². The van der Waals surface area contributed by atoms with Gasteiger partial charge < -0.3 is 4.74 Å². The van der Waals surface area contributed by atoms with Gasteiger partial charge in [-0.15, -0.1) is 11.3 Å². The third-order valence-corrected chi connectivity index (χ3v) is 6.12. The van der Waals surface area contributed by atoms with Crippen molar-refractivity contribution in [3.8, 4) is 17.0 Å². The molecule has 1 saturated carbocycles. The molecule has 8 heteroatoms. The summed E-state index contributed by atoms with van der Waals surface area (Å²) in [4.78, 5) is 30.2. The molecular weight excluding hydrogens is 402 g/mol. The van der Waals surface area contributed by atoms with E-state index in [0.717, 1.165) is 36.9 Å². The SMILES string of the molecule is COc1cccc(N(C(=O)C2CCCC2)c2nc(-c3ccc([N+](=O)[O-])cc3)cs2)c1. The first-order valence-corrected chi connectivity index (χ1v) is 10.6. The van der Waals surface area contributed by atoms with Crippen molar-refractivity contribution in [1.82, 2.24) is 4.98 Å². The number of rotatable bonds is 6. The van der Waals surface area contributed by atoms with Crippen molar-refractivity contribution in [2.75, 3.05) is 12.0 Å². The Bertz CT molecular complexity index is 1060. The lowest BCUT2D eigenvalue weighted by Gasteiger charge is -2.23. The van der Waals surface area contributed by atoms with Crippen molar-refractivity contribution in [2.45, 2.75) is 25.7 Å². The van der Waals surface area contributed by atoms with Gasteiger partial charge in [0, 0.05) is 35.1 Å². The van der Waals surface area contributed by atoms with Crippen molar-refractivity contribution >= 4 is 33.8 Å². The minimum atomic E-state index is -0.430. The number of nitrogens with zero attached hydrogens (tertiary/aromatic N) is 3. The fourth-order valence-electron chi connectivity index (χ4n) is 3.69. The molecule has 0 aliphatic heterocycles. The molecule has 154 valence electrons. The van der Waals surface area contributed by atoms with Gasteiger partial charge in [-0.1, -0.05) is 18.9 Å². The molecular formula is C22H21N3O4S. The number of non-ortho nitro benzene ring substituents is 1. The molecule has 2 aromatic carbocycles. The quantitative estimate of drug-likeness (QED) is 0.381. The summed E-state index contributed by atoms with van der Waals surface area (Å²) >= 11 is 1.38. The predicted octanol–water partition coefficient (Wildman–Crippen LogP) is 5.58. The lowest BCUT2D eigenvalue weighted by molar-refractivity contribution is -0.384. The number of carbonyl (C=O) groups is 1. The Kier molecular flexibility index (Phi) is 5.76. The number of nitro groups is 1. The van der Waals surface area contributed by atoms with E-state index >= 15 is 0 Å². The molecule has 0 unspecified atom stereocenters. The molecule has 1 fully saturated rings. The Balaban J connectivity index is 1.70. The van der Waals surface area contributed by atoms with Gasteiger partial charge in [0.1, 0.15) is 5.75 Å². The highest BCUT2D eigenvalue weighted by Gasteiger charge is 2.31. The highest BCUT2D eigenvalue weighted by atomic mass is 32.1. The number of hydrogen-bond donors (Lipinski definition) is 0. The van der Waals surface area contributed by atoms with Gasteiger partial charge in [-0.05, 0) is 37.1 Å². The number of amides is 1. The largest absolute Gasteiger partial charge is 0.497 e. The van der Waals surface area contributed by atoms with Crippen molar-refractivity contribution in [3.05, 3.63) is 64.0 Å². The molecule has 0 saturated heterocycles. The number of aromatic nitrogens is 1. The van der Waals surface area contributed by atoms with E-state index in [1.165, 1.54) is 23.5 Å². The monoisotopic (exact) mass is 423 g/mol. The van der Waals surface area contributed by atoms with Gasteiger partial charge in [0.05, 0.1) is 23.4 Å². The van der Waals surface area contributed by atoms with Crippen molar-refractivity contribution in [2.24, 2.45) is 5.92 Å². The smallest absolute Gasteiger partial charge is 0.269 e. The van der Waals surface area contributed by atoms with E-state index in [9.17, 15) is 14.9 Å². The van der Waals surface area contributed by atoms with Crippen LogP contribution in [0, 0.1) is 16.0 Å². The third-order valence-electron chi connectivity index (χ3n) is 5.29. The number of carbonyl (C=O) groups excluding carboxylic acids is 1. The molecule has 4 rings (SSSR count). The zero-order chi connectivity index (χ0) is 21.1. The standard InChI is InChI=1S/C22H21N3O4S/c1-29-19-8-4-7-18(13-19)24(21(26)16-5-2-3-6-16)22-23-20(14-30-22)15-9-11-17(12-10-15)25(27)28/h4,7-14,16H,2-3,5-6H2,1H3. The van der Waals surface area contributed by atoms with Gasteiger partial charge in [0.15, 0.2) is 5.13 Å². The van der Waals surface area contributed by atoms with Crippen LogP contribution in [0.2, 0.25) is 0 Å². The summed E-state index contributed by atoms with van der Waals surface area (Å²) in [6.45, 7) is 0. The number of ether oxygens (including phenoxy) is 1. The summed E-state index contributed by atoms with van der Waals surface area (Å²) in [6.07, 6.45) is 3.91. The van der Waals surface area contributed by atoms with Crippen LogP contribution in [0.1, 0.15) is 25.7 Å².